The zero-order valence-electron chi connectivity index (χ0n) is 11.2. The minimum Gasteiger partial charge on any atom is -0.338 e. The Hall–Kier alpha value is -0.570. The Morgan fingerprint density at radius 3 is 2.53 bits per heavy atom. The van der Waals surface area contributed by atoms with E-state index < -0.39 is 0 Å². The van der Waals surface area contributed by atoms with Crippen LogP contribution in [0.4, 0.5) is 0 Å². The van der Waals surface area contributed by atoms with Crippen molar-refractivity contribution in [3.05, 3.63) is 0 Å². The molecule has 2 unspecified atom stereocenters. The third-order valence-corrected chi connectivity index (χ3v) is 4.53. The monoisotopic (exact) mass is 238 g/mol. The first-order chi connectivity index (χ1) is 8.11. The molecule has 3 atom stereocenters. The molecule has 1 aliphatic carbocycles. The summed E-state index contributed by atoms with van der Waals surface area (Å²) in [7, 11) is 0. The number of carbonyl (C=O) groups excluding carboxylic acids is 1. The molecular weight excluding hydrogens is 212 g/mol. The van der Waals surface area contributed by atoms with E-state index in [1.54, 1.807) is 0 Å². The summed E-state index contributed by atoms with van der Waals surface area (Å²) in [5.74, 6) is 1.18. The van der Waals surface area contributed by atoms with E-state index in [1.807, 2.05) is 13.8 Å². The quantitative estimate of drug-likeness (QED) is 0.801. The number of amides is 1. The predicted octanol–water partition coefficient (Wildman–Crippen LogP) is 2.15. The van der Waals surface area contributed by atoms with Crippen molar-refractivity contribution in [2.24, 2.45) is 17.6 Å². The molecule has 0 bridgehead atoms. The van der Waals surface area contributed by atoms with Crippen LogP contribution in [0, 0.1) is 11.8 Å². The largest absolute Gasteiger partial charge is 0.338 e. The van der Waals surface area contributed by atoms with Gasteiger partial charge in [0.05, 0.1) is 6.04 Å². The van der Waals surface area contributed by atoms with E-state index in [1.165, 1.54) is 32.1 Å². The van der Waals surface area contributed by atoms with Gasteiger partial charge in [0.1, 0.15) is 0 Å². The SMILES string of the molecule is CC(C)[C@@H](N)C(=O)N1CCCC2CCCCC21. The lowest BCUT2D eigenvalue weighted by molar-refractivity contribution is -0.140. The van der Waals surface area contributed by atoms with Crippen LogP contribution in [0.25, 0.3) is 0 Å². The van der Waals surface area contributed by atoms with Gasteiger partial charge in [0.15, 0.2) is 0 Å². The van der Waals surface area contributed by atoms with Gasteiger partial charge in [0.2, 0.25) is 5.91 Å². The van der Waals surface area contributed by atoms with E-state index in [9.17, 15) is 4.79 Å². The fourth-order valence-electron chi connectivity index (χ4n) is 3.38. The van der Waals surface area contributed by atoms with Crippen LogP contribution in [0.3, 0.4) is 0 Å². The second-order valence-corrected chi connectivity index (χ2v) is 6.06. The van der Waals surface area contributed by atoms with Gasteiger partial charge in [-0.25, -0.2) is 0 Å². The first-order valence-electron chi connectivity index (χ1n) is 7.17. The Balaban J connectivity index is 2.05. The van der Waals surface area contributed by atoms with Crippen LogP contribution in [0.5, 0.6) is 0 Å². The van der Waals surface area contributed by atoms with Crippen LogP contribution in [-0.2, 0) is 4.79 Å². The molecular formula is C14H26N2O. The highest BCUT2D eigenvalue weighted by Gasteiger charge is 2.37. The number of carbonyl (C=O) groups is 1. The van der Waals surface area contributed by atoms with Crippen molar-refractivity contribution in [3.8, 4) is 0 Å². The van der Waals surface area contributed by atoms with Crippen molar-refractivity contribution in [1.82, 2.24) is 4.90 Å². The Labute approximate surface area is 105 Å². The molecule has 1 amide bonds. The van der Waals surface area contributed by atoms with Gasteiger partial charge in [0.25, 0.3) is 0 Å². The first kappa shape index (κ1) is 12.9. The summed E-state index contributed by atoms with van der Waals surface area (Å²) in [4.78, 5) is 14.5. The van der Waals surface area contributed by atoms with E-state index in [-0.39, 0.29) is 17.9 Å². The van der Waals surface area contributed by atoms with Crippen LogP contribution < -0.4 is 5.73 Å². The molecule has 17 heavy (non-hydrogen) atoms. The molecule has 3 nitrogen and oxygen atoms in total. The lowest BCUT2D eigenvalue weighted by atomic mass is 9.78. The van der Waals surface area contributed by atoms with Crippen molar-refractivity contribution in [1.29, 1.82) is 0 Å². The molecule has 0 radical (unpaired) electrons. The minimum absolute atomic E-state index is 0.191. The Bertz CT molecular complexity index is 275. The number of hydrogen-bond donors (Lipinski definition) is 1. The molecule has 0 aromatic carbocycles. The zero-order chi connectivity index (χ0) is 12.4. The molecule has 2 fully saturated rings. The molecule has 2 aliphatic rings. The summed E-state index contributed by atoms with van der Waals surface area (Å²) in [6.45, 7) is 5.00. The van der Waals surface area contributed by atoms with Crippen LogP contribution in [-0.4, -0.2) is 29.4 Å². The van der Waals surface area contributed by atoms with Crippen molar-refractivity contribution in [2.75, 3.05) is 6.54 Å². The van der Waals surface area contributed by atoms with Crippen LogP contribution in [0.1, 0.15) is 52.4 Å². The van der Waals surface area contributed by atoms with E-state index >= 15 is 0 Å². The summed E-state index contributed by atoms with van der Waals surface area (Å²) in [6.07, 6.45) is 7.61. The van der Waals surface area contributed by atoms with Crippen molar-refractivity contribution >= 4 is 5.91 Å². The molecule has 0 aromatic rings. The molecule has 1 aliphatic heterocycles. The first-order valence-corrected chi connectivity index (χ1v) is 7.17. The Morgan fingerprint density at radius 1 is 1.18 bits per heavy atom. The number of rotatable bonds is 2. The Kier molecular flexibility index (Phi) is 4.08. The fraction of sp³-hybridized carbons (Fsp3) is 0.929. The smallest absolute Gasteiger partial charge is 0.240 e. The second-order valence-electron chi connectivity index (χ2n) is 6.06. The van der Waals surface area contributed by atoms with Gasteiger partial charge in [-0.15, -0.1) is 0 Å². The van der Waals surface area contributed by atoms with Crippen molar-refractivity contribution in [2.45, 2.75) is 64.5 Å². The molecule has 1 saturated heterocycles. The second kappa shape index (κ2) is 5.38. The lowest BCUT2D eigenvalue weighted by Crippen LogP contribution is -2.55. The number of nitrogens with two attached hydrogens (primary N) is 1. The summed E-state index contributed by atoms with van der Waals surface area (Å²) in [6, 6.07) is 0.186. The van der Waals surface area contributed by atoms with Gasteiger partial charge in [-0.2, -0.15) is 0 Å². The van der Waals surface area contributed by atoms with Gasteiger partial charge in [-0.1, -0.05) is 26.7 Å². The highest BCUT2D eigenvalue weighted by molar-refractivity contribution is 5.82. The van der Waals surface area contributed by atoms with E-state index in [0.29, 0.717) is 6.04 Å². The molecule has 1 saturated carbocycles. The number of nitrogens with zero attached hydrogens (tertiary/aromatic N) is 1. The summed E-state index contributed by atoms with van der Waals surface area (Å²) in [5, 5.41) is 0. The molecule has 0 aromatic heterocycles. The zero-order valence-corrected chi connectivity index (χ0v) is 11.2. The van der Waals surface area contributed by atoms with Gasteiger partial charge in [-0.05, 0) is 37.5 Å². The maximum Gasteiger partial charge on any atom is 0.240 e. The number of likely N-dealkylation sites (tertiary alicyclic amines) is 1. The van der Waals surface area contributed by atoms with Gasteiger partial charge >= 0.3 is 0 Å². The van der Waals surface area contributed by atoms with Crippen LogP contribution in [0.2, 0.25) is 0 Å². The highest BCUT2D eigenvalue weighted by Crippen LogP contribution is 2.35. The summed E-state index contributed by atoms with van der Waals surface area (Å²) < 4.78 is 0. The molecule has 98 valence electrons. The van der Waals surface area contributed by atoms with E-state index in [0.717, 1.165) is 18.9 Å². The average Bonchev–Trinajstić information content (AvgIpc) is 2.36. The maximum atomic E-state index is 12.4. The molecule has 1 heterocycles. The van der Waals surface area contributed by atoms with Crippen LogP contribution >= 0.6 is 0 Å². The third kappa shape index (κ3) is 2.65. The standard InChI is InChI=1S/C14H26N2O/c1-10(2)13(15)14(17)16-9-5-7-11-6-3-4-8-12(11)16/h10-13H,3-9,15H2,1-2H3/t11?,12?,13-/m1/s1. The molecule has 3 heteroatoms. The van der Waals surface area contributed by atoms with Gasteiger partial charge in [0, 0.05) is 12.6 Å². The number of fused-ring (bicyclic) bond motifs is 1. The van der Waals surface area contributed by atoms with Crippen molar-refractivity contribution < 1.29 is 4.79 Å². The van der Waals surface area contributed by atoms with Gasteiger partial charge in [-0.3, -0.25) is 4.79 Å². The molecule has 2 rings (SSSR count). The maximum absolute atomic E-state index is 12.4. The van der Waals surface area contributed by atoms with Gasteiger partial charge < -0.3 is 10.6 Å². The summed E-state index contributed by atoms with van der Waals surface area (Å²) in [5.41, 5.74) is 6.02. The molecule has 0 spiro atoms. The average molecular weight is 238 g/mol. The van der Waals surface area contributed by atoms with Crippen LogP contribution in [0.15, 0.2) is 0 Å². The fourth-order valence-corrected chi connectivity index (χ4v) is 3.38. The minimum atomic E-state index is -0.310. The van der Waals surface area contributed by atoms with E-state index in [2.05, 4.69) is 4.90 Å². The Morgan fingerprint density at radius 2 is 1.82 bits per heavy atom. The summed E-state index contributed by atoms with van der Waals surface area (Å²) >= 11 is 0. The van der Waals surface area contributed by atoms with E-state index in [4.69, 9.17) is 5.73 Å². The highest BCUT2D eigenvalue weighted by atomic mass is 16.2. The number of piperidine rings is 1. The number of hydrogen-bond acceptors (Lipinski definition) is 2. The predicted molar refractivity (Wildman–Crippen MR) is 69.5 cm³/mol. The lowest BCUT2D eigenvalue weighted by Gasteiger charge is -2.45. The topological polar surface area (TPSA) is 46.3 Å². The third-order valence-electron chi connectivity index (χ3n) is 4.53. The van der Waals surface area contributed by atoms with Crippen molar-refractivity contribution in [3.63, 3.8) is 0 Å². The molecule has 2 N–H and O–H groups in total. The normalized spacial score (nSPS) is 31.2.